The molecule has 1 rings (SSSR count). The minimum Gasteiger partial charge on any atom is -0.494 e. The summed E-state index contributed by atoms with van der Waals surface area (Å²) in [5, 5.41) is 0. The maximum atomic E-state index is 5.75. The topological polar surface area (TPSA) is 38.5 Å². The second kappa shape index (κ2) is 8.93. The quantitative estimate of drug-likeness (QED) is 0.561. The number of ether oxygens (including phenoxy) is 1. The summed E-state index contributed by atoms with van der Waals surface area (Å²) in [5.74, 6) is 0.834. The van der Waals surface area contributed by atoms with E-state index in [9.17, 15) is 0 Å². The number of hydrogen-bond acceptors (Lipinski definition) is 3. The molecule has 0 aliphatic carbocycles. The molecule has 0 radical (unpaired) electrons. The third-order valence-corrected chi connectivity index (χ3v) is 3.84. The Morgan fingerprint density at radius 1 is 1.35 bits per heavy atom. The molecule has 0 spiro atoms. The van der Waals surface area contributed by atoms with Crippen LogP contribution in [0.25, 0.3) is 0 Å². The lowest BCUT2D eigenvalue weighted by Crippen LogP contribution is -2.32. The van der Waals surface area contributed by atoms with Crippen molar-refractivity contribution < 1.29 is 4.74 Å². The number of thiocarbonyl (C=S) groups is 1. The van der Waals surface area contributed by atoms with Gasteiger partial charge >= 0.3 is 0 Å². The second-order valence-corrected chi connectivity index (χ2v) is 5.48. The minimum absolute atomic E-state index is 0.406. The van der Waals surface area contributed by atoms with Gasteiger partial charge in [0.25, 0.3) is 0 Å². The van der Waals surface area contributed by atoms with Crippen LogP contribution in [0.3, 0.4) is 0 Å². The van der Waals surface area contributed by atoms with Gasteiger partial charge in [-0.3, -0.25) is 0 Å². The van der Waals surface area contributed by atoms with E-state index in [1.54, 1.807) is 0 Å². The Hall–Kier alpha value is -1.13. The van der Waals surface area contributed by atoms with E-state index >= 15 is 0 Å². The second-order valence-electron chi connectivity index (χ2n) is 5.05. The van der Waals surface area contributed by atoms with Gasteiger partial charge in [0.1, 0.15) is 10.7 Å². The standard InChI is InChI=1S/C16H26N2OS/c1-4-14(5-2)18(3)10-7-11-19-15-9-6-8-13(12-15)16(17)20/h6,8-9,12,14H,4-5,7,10-11H2,1-3H3,(H2,17,20). The average Bonchev–Trinajstić information content (AvgIpc) is 2.45. The summed E-state index contributed by atoms with van der Waals surface area (Å²) in [4.78, 5) is 2.82. The first kappa shape index (κ1) is 16.9. The van der Waals surface area contributed by atoms with E-state index in [1.165, 1.54) is 12.8 Å². The molecule has 1 aromatic rings. The Balaban J connectivity index is 2.34. The Labute approximate surface area is 128 Å². The van der Waals surface area contributed by atoms with Crippen molar-refractivity contribution in [1.82, 2.24) is 4.90 Å². The molecule has 0 aliphatic rings. The first-order valence-electron chi connectivity index (χ1n) is 7.31. The van der Waals surface area contributed by atoms with E-state index in [0.29, 0.717) is 17.6 Å². The zero-order valence-electron chi connectivity index (χ0n) is 12.8. The van der Waals surface area contributed by atoms with Crippen molar-refractivity contribution in [3.05, 3.63) is 29.8 Å². The van der Waals surface area contributed by atoms with Gasteiger partial charge in [-0.05, 0) is 38.4 Å². The first-order valence-corrected chi connectivity index (χ1v) is 7.72. The van der Waals surface area contributed by atoms with Crippen molar-refractivity contribution in [3.8, 4) is 5.75 Å². The monoisotopic (exact) mass is 294 g/mol. The number of nitrogens with zero attached hydrogens (tertiary/aromatic N) is 1. The summed E-state index contributed by atoms with van der Waals surface area (Å²) in [6.45, 7) is 6.25. The lowest BCUT2D eigenvalue weighted by atomic mass is 10.1. The smallest absolute Gasteiger partial charge is 0.119 e. The number of hydrogen-bond donors (Lipinski definition) is 1. The normalized spacial score (nSPS) is 11.1. The van der Waals surface area contributed by atoms with E-state index in [0.717, 1.165) is 24.3 Å². The molecule has 0 atom stereocenters. The summed E-state index contributed by atoms with van der Waals surface area (Å²) < 4.78 is 5.75. The largest absolute Gasteiger partial charge is 0.494 e. The van der Waals surface area contributed by atoms with Crippen LogP contribution < -0.4 is 10.5 Å². The van der Waals surface area contributed by atoms with Crippen LogP contribution in [0.15, 0.2) is 24.3 Å². The van der Waals surface area contributed by atoms with E-state index in [4.69, 9.17) is 22.7 Å². The SMILES string of the molecule is CCC(CC)N(C)CCCOc1cccc(C(N)=S)c1. The van der Waals surface area contributed by atoms with Gasteiger partial charge < -0.3 is 15.4 Å². The van der Waals surface area contributed by atoms with Crippen LogP contribution in [-0.4, -0.2) is 36.1 Å². The van der Waals surface area contributed by atoms with Crippen molar-refractivity contribution >= 4 is 17.2 Å². The molecular formula is C16H26N2OS. The molecule has 0 saturated carbocycles. The van der Waals surface area contributed by atoms with Crippen LogP contribution >= 0.6 is 12.2 Å². The molecule has 112 valence electrons. The maximum Gasteiger partial charge on any atom is 0.119 e. The fraction of sp³-hybridized carbons (Fsp3) is 0.562. The van der Waals surface area contributed by atoms with Crippen LogP contribution in [0.4, 0.5) is 0 Å². The Bertz CT molecular complexity index is 419. The minimum atomic E-state index is 0.406. The predicted octanol–water partition coefficient (Wildman–Crippen LogP) is 3.21. The zero-order chi connectivity index (χ0) is 15.0. The maximum absolute atomic E-state index is 5.75. The number of nitrogens with two attached hydrogens (primary N) is 1. The fourth-order valence-electron chi connectivity index (χ4n) is 2.34. The highest BCUT2D eigenvalue weighted by atomic mass is 32.1. The van der Waals surface area contributed by atoms with Gasteiger partial charge in [0.2, 0.25) is 0 Å². The van der Waals surface area contributed by atoms with Gasteiger partial charge in [-0.2, -0.15) is 0 Å². The molecular weight excluding hydrogens is 268 g/mol. The molecule has 3 nitrogen and oxygen atoms in total. The highest BCUT2D eigenvalue weighted by Crippen LogP contribution is 2.14. The Kier molecular flexibility index (Phi) is 7.55. The molecule has 0 amide bonds. The summed E-state index contributed by atoms with van der Waals surface area (Å²) in [5.41, 5.74) is 6.46. The van der Waals surface area contributed by atoms with Crippen LogP contribution in [0, 0.1) is 0 Å². The van der Waals surface area contributed by atoms with Gasteiger partial charge in [-0.15, -0.1) is 0 Å². The number of benzene rings is 1. The van der Waals surface area contributed by atoms with Gasteiger partial charge in [-0.25, -0.2) is 0 Å². The van der Waals surface area contributed by atoms with E-state index in [2.05, 4.69) is 25.8 Å². The third kappa shape index (κ3) is 5.47. The molecule has 0 unspecified atom stereocenters. The molecule has 0 saturated heterocycles. The molecule has 0 bridgehead atoms. The predicted molar refractivity (Wildman–Crippen MR) is 89.4 cm³/mol. The molecule has 1 aromatic carbocycles. The van der Waals surface area contributed by atoms with Crippen LogP contribution in [0.5, 0.6) is 5.75 Å². The van der Waals surface area contributed by atoms with Crippen molar-refractivity contribution in [3.63, 3.8) is 0 Å². The van der Waals surface area contributed by atoms with E-state index in [1.807, 2.05) is 24.3 Å². The van der Waals surface area contributed by atoms with Gasteiger partial charge in [0.15, 0.2) is 0 Å². The zero-order valence-corrected chi connectivity index (χ0v) is 13.6. The molecule has 4 heteroatoms. The lowest BCUT2D eigenvalue weighted by Gasteiger charge is -2.25. The van der Waals surface area contributed by atoms with Crippen molar-refractivity contribution in [2.75, 3.05) is 20.2 Å². The molecule has 20 heavy (non-hydrogen) atoms. The van der Waals surface area contributed by atoms with Crippen molar-refractivity contribution in [2.24, 2.45) is 5.73 Å². The van der Waals surface area contributed by atoms with Crippen molar-refractivity contribution in [2.45, 2.75) is 39.2 Å². The van der Waals surface area contributed by atoms with Crippen molar-refractivity contribution in [1.29, 1.82) is 0 Å². The van der Waals surface area contributed by atoms with Crippen LogP contribution in [0.1, 0.15) is 38.7 Å². The van der Waals surface area contributed by atoms with Crippen LogP contribution in [-0.2, 0) is 0 Å². The van der Waals surface area contributed by atoms with Gasteiger partial charge in [0.05, 0.1) is 6.61 Å². The molecule has 0 aromatic heterocycles. The molecule has 2 N–H and O–H groups in total. The van der Waals surface area contributed by atoms with E-state index < -0.39 is 0 Å². The highest BCUT2D eigenvalue weighted by Gasteiger charge is 2.09. The van der Waals surface area contributed by atoms with Gasteiger partial charge in [0, 0.05) is 18.2 Å². The molecule has 0 fully saturated rings. The third-order valence-electron chi connectivity index (χ3n) is 3.61. The average molecular weight is 294 g/mol. The Morgan fingerprint density at radius 2 is 2.05 bits per heavy atom. The van der Waals surface area contributed by atoms with Gasteiger partial charge in [-0.1, -0.05) is 38.2 Å². The molecule has 0 heterocycles. The summed E-state index contributed by atoms with van der Waals surface area (Å²) >= 11 is 4.96. The fourth-order valence-corrected chi connectivity index (χ4v) is 2.46. The summed E-state index contributed by atoms with van der Waals surface area (Å²) in [6, 6.07) is 8.32. The summed E-state index contributed by atoms with van der Waals surface area (Å²) in [7, 11) is 2.19. The van der Waals surface area contributed by atoms with Crippen LogP contribution in [0.2, 0.25) is 0 Å². The van der Waals surface area contributed by atoms with E-state index in [-0.39, 0.29) is 0 Å². The Morgan fingerprint density at radius 3 is 2.65 bits per heavy atom. The highest BCUT2D eigenvalue weighted by molar-refractivity contribution is 7.80. The summed E-state index contributed by atoms with van der Waals surface area (Å²) in [6.07, 6.45) is 3.41. The molecule has 0 aliphatic heterocycles. The first-order chi connectivity index (χ1) is 9.58. The lowest BCUT2D eigenvalue weighted by molar-refractivity contribution is 0.205. The number of rotatable bonds is 9.